The van der Waals surface area contributed by atoms with E-state index in [1.54, 1.807) is 6.92 Å². The first-order valence-corrected chi connectivity index (χ1v) is 5.26. The maximum Gasteiger partial charge on any atom is 0.200 e. The van der Waals surface area contributed by atoms with Gasteiger partial charge in [0.25, 0.3) is 0 Å². The predicted molar refractivity (Wildman–Crippen MR) is 59.8 cm³/mol. The Bertz CT molecular complexity index is 375. The molecule has 1 unspecified atom stereocenters. The molecule has 4 nitrogen and oxygen atoms in total. The predicted octanol–water partition coefficient (Wildman–Crippen LogP) is 2.42. The molecule has 0 aliphatic rings. The molecule has 0 aliphatic heterocycles. The first-order chi connectivity index (χ1) is 7.47. The van der Waals surface area contributed by atoms with Crippen molar-refractivity contribution in [3.05, 3.63) is 17.7 Å². The molecule has 1 aromatic rings. The van der Waals surface area contributed by atoms with E-state index in [1.165, 1.54) is 12.1 Å². The molecule has 0 fully saturated rings. The van der Waals surface area contributed by atoms with Crippen LogP contribution in [0, 0.1) is 5.92 Å². The lowest BCUT2D eigenvalue weighted by Gasteiger charge is -2.10. The maximum atomic E-state index is 11.8. The fourth-order valence-corrected chi connectivity index (χ4v) is 1.60. The van der Waals surface area contributed by atoms with E-state index >= 15 is 0 Å². The van der Waals surface area contributed by atoms with Gasteiger partial charge in [0.05, 0.1) is 0 Å². The van der Waals surface area contributed by atoms with E-state index < -0.39 is 17.2 Å². The Morgan fingerprint density at radius 3 is 2.19 bits per heavy atom. The molecule has 0 heterocycles. The molecule has 0 spiro atoms. The van der Waals surface area contributed by atoms with Crippen molar-refractivity contribution in [1.29, 1.82) is 0 Å². The molecule has 4 heteroatoms. The second-order valence-electron chi connectivity index (χ2n) is 3.92. The zero-order chi connectivity index (χ0) is 12.3. The van der Waals surface area contributed by atoms with E-state index in [-0.39, 0.29) is 17.3 Å². The second kappa shape index (κ2) is 4.88. The van der Waals surface area contributed by atoms with E-state index in [0.717, 1.165) is 12.8 Å². The number of phenolic OH excluding ortho intramolecular Hbond substituents is 3. The van der Waals surface area contributed by atoms with Crippen molar-refractivity contribution >= 4 is 5.78 Å². The van der Waals surface area contributed by atoms with Crippen LogP contribution in [0.1, 0.15) is 37.0 Å². The average molecular weight is 224 g/mol. The SMILES string of the molecule is CCCC(C)C(=O)c1cc(O)c(O)c(O)c1. The topological polar surface area (TPSA) is 77.8 Å². The van der Waals surface area contributed by atoms with Gasteiger partial charge in [0.15, 0.2) is 23.0 Å². The minimum atomic E-state index is -0.598. The summed E-state index contributed by atoms with van der Waals surface area (Å²) in [6, 6.07) is 2.34. The first-order valence-electron chi connectivity index (χ1n) is 5.26. The fourth-order valence-electron chi connectivity index (χ4n) is 1.60. The third-order valence-electron chi connectivity index (χ3n) is 2.52. The zero-order valence-corrected chi connectivity index (χ0v) is 9.40. The number of aromatic hydroxyl groups is 3. The van der Waals surface area contributed by atoms with E-state index in [1.807, 2.05) is 6.92 Å². The molecular formula is C12H16O4. The van der Waals surface area contributed by atoms with Crippen LogP contribution < -0.4 is 0 Å². The number of phenols is 3. The van der Waals surface area contributed by atoms with Crippen LogP contribution in [-0.2, 0) is 0 Å². The summed E-state index contributed by atoms with van der Waals surface area (Å²) in [6.07, 6.45) is 1.64. The fraction of sp³-hybridized carbons (Fsp3) is 0.417. The summed E-state index contributed by atoms with van der Waals surface area (Å²) < 4.78 is 0. The molecule has 3 N–H and O–H groups in total. The standard InChI is InChI=1S/C12H16O4/c1-3-4-7(2)11(15)8-5-9(13)12(16)10(14)6-8/h5-7,13-14,16H,3-4H2,1-2H3. The van der Waals surface area contributed by atoms with Gasteiger partial charge in [-0.05, 0) is 18.6 Å². The van der Waals surface area contributed by atoms with E-state index in [9.17, 15) is 15.0 Å². The van der Waals surface area contributed by atoms with Gasteiger partial charge < -0.3 is 15.3 Å². The van der Waals surface area contributed by atoms with Crippen LogP contribution in [0.15, 0.2) is 12.1 Å². The van der Waals surface area contributed by atoms with Gasteiger partial charge >= 0.3 is 0 Å². The molecule has 0 amide bonds. The molecule has 88 valence electrons. The monoisotopic (exact) mass is 224 g/mol. The highest BCUT2D eigenvalue weighted by Crippen LogP contribution is 2.36. The Morgan fingerprint density at radius 1 is 1.25 bits per heavy atom. The van der Waals surface area contributed by atoms with Crippen molar-refractivity contribution in [3.8, 4) is 17.2 Å². The summed E-state index contributed by atoms with van der Waals surface area (Å²) >= 11 is 0. The number of ketones is 1. The highest BCUT2D eigenvalue weighted by atomic mass is 16.3. The third-order valence-corrected chi connectivity index (χ3v) is 2.52. The number of hydrogen-bond acceptors (Lipinski definition) is 4. The Morgan fingerprint density at radius 2 is 1.75 bits per heavy atom. The van der Waals surface area contributed by atoms with Crippen molar-refractivity contribution in [1.82, 2.24) is 0 Å². The zero-order valence-electron chi connectivity index (χ0n) is 9.40. The minimum Gasteiger partial charge on any atom is -0.504 e. The summed E-state index contributed by atoms with van der Waals surface area (Å²) in [5, 5.41) is 27.7. The van der Waals surface area contributed by atoms with E-state index in [4.69, 9.17) is 5.11 Å². The van der Waals surface area contributed by atoms with Gasteiger partial charge in [-0.25, -0.2) is 0 Å². The number of rotatable bonds is 4. The largest absolute Gasteiger partial charge is 0.504 e. The summed E-state index contributed by atoms with van der Waals surface area (Å²) in [5.41, 5.74) is 0.216. The van der Waals surface area contributed by atoms with Crippen LogP contribution in [-0.4, -0.2) is 21.1 Å². The van der Waals surface area contributed by atoms with Gasteiger partial charge in [-0.1, -0.05) is 20.3 Å². The van der Waals surface area contributed by atoms with Gasteiger partial charge in [0.2, 0.25) is 0 Å². The second-order valence-corrected chi connectivity index (χ2v) is 3.92. The molecule has 0 aliphatic carbocycles. The maximum absolute atomic E-state index is 11.8. The quantitative estimate of drug-likeness (QED) is 0.542. The smallest absolute Gasteiger partial charge is 0.200 e. The van der Waals surface area contributed by atoms with Crippen LogP contribution >= 0.6 is 0 Å². The van der Waals surface area contributed by atoms with Crippen LogP contribution in [0.25, 0.3) is 0 Å². The molecule has 0 saturated carbocycles. The Balaban J connectivity index is 3.01. The van der Waals surface area contributed by atoms with Crippen molar-refractivity contribution in [3.63, 3.8) is 0 Å². The molecule has 0 radical (unpaired) electrons. The Hall–Kier alpha value is -1.71. The van der Waals surface area contributed by atoms with Gasteiger partial charge in [-0.3, -0.25) is 4.79 Å². The Kier molecular flexibility index (Phi) is 3.77. The lowest BCUT2D eigenvalue weighted by atomic mass is 9.95. The first kappa shape index (κ1) is 12.4. The van der Waals surface area contributed by atoms with Crippen LogP contribution in [0.5, 0.6) is 17.2 Å². The van der Waals surface area contributed by atoms with E-state index in [2.05, 4.69) is 0 Å². The number of carbonyl (C=O) groups excluding carboxylic acids is 1. The minimum absolute atomic E-state index is 0.146. The Labute approximate surface area is 94.2 Å². The summed E-state index contributed by atoms with van der Waals surface area (Å²) in [6.45, 7) is 3.78. The van der Waals surface area contributed by atoms with Gasteiger partial charge in [0, 0.05) is 11.5 Å². The van der Waals surface area contributed by atoms with Crippen molar-refractivity contribution in [2.75, 3.05) is 0 Å². The normalized spacial score (nSPS) is 12.4. The molecule has 1 aromatic carbocycles. The van der Waals surface area contributed by atoms with Crippen LogP contribution in [0.3, 0.4) is 0 Å². The number of carbonyl (C=O) groups is 1. The van der Waals surface area contributed by atoms with Crippen LogP contribution in [0.4, 0.5) is 0 Å². The molecule has 0 aromatic heterocycles. The molecule has 1 atom stereocenters. The molecular weight excluding hydrogens is 208 g/mol. The summed E-state index contributed by atoms with van der Waals surface area (Å²) in [4.78, 5) is 11.8. The highest BCUT2D eigenvalue weighted by molar-refractivity contribution is 5.98. The highest BCUT2D eigenvalue weighted by Gasteiger charge is 2.18. The molecule has 0 saturated heterocycles. The molecule has 16 heavy (non-hydrogen) atoms. The third kappa shape index (κ3) is 2.45. The molecule has 1 rings (SSSR count). The van der Waals surface area contributed by atoms with Gasteiger partial charge in [-0.2, -0.15) is 0 Å². The number of benzene rings is 1. The van der Waals surface area contributed by atoms with Crippen molar-refractivity contribution in [2.45, 2.75) is 26.7 Å². The number of Topliss-reactive ketones (excluding diaryl/α,β-unsaturated/α-hetero) is 1. The van der Waals surface area contributed by atoms with Crippen molar-refractivity contribution < 1.29 is 20.1 Å². The average Bonchev–Trinajstić information content (AvgIpc) is 2.24. The lowest BCUT2D eigenvalue weighted by Crippen LogP contribution is -2.10. The summed E-state index contributed by atoms with van der Waals surface area (Å²) in [5.74, 6) is -1.86. The van der Waals surface area contributed by atoms with Crippen molar-refractivity contribution in [2.24, 2.45) is 5.92 Å². The number of hydrogen-bond donors (Lipinski definition) is 3. The van der Waals surface area contributed by atoms with E-state index in [0.29, 0.717) is 0 Å². The lowest BCUT2D eigenvalue weighted by molar-refractivity contribution is 0.0922. The van der Waals surface area contributed by atoms with Gasteiger partial charge in [-0.15, -0.1) is 0 Å². The summed E-state index contributed by atoms with van der Waals surface area (Å²) in [7, 11) is 0. The van der Waals surface area contributed by atoms with Gasteiger partial charge in [0.1, 0.15) is 0 Å². The molecule has 0 bridgehead atoms. The van der Waals surface area contributed by atoms with Crippen LogP contribution in [0.2, 0.25) is 0 Å².